The van der Waals surface area contributed by atoms with Crippen LogP contribution in [0.2, 0.25) is 0 Å². The zero-order chi connectivity index (χ0) is 14.8. The van der Waals surface area contributed by atoms with Gasteiger partial charge in [-0.25, -0.2) is 0 Å². The fourth-order valence-corrected chi connectivity index (χ4v) is 3.40. The summed E-state index contributed by atoms with van der Waals surface area (Å²) in [6.07, 6.45) is 6.35. The van der Waals surface area contributed by atoms with Crippen molar-refractivity contribution in [2.24, 2.45) is 11.3 Å². The molecule has 1 atom stereocenters. The van der Waals surface area contributed by atoms with Gasteiger partial charge in [0.25, 0.3) is 0 Å². The lowest BCUT2D eigenvalue weighted by molar-refractivity contribution is 0.0179. The summed E-state index contributed by atoms with van der Waals surface area (Å²) in [4.78, 5) is 0. The largest absolute Gasteiger partial charge is 0.385 e. The molecule has 1 aliphatic carbocycles. The molecule has 0 heterocycles. The summed E-state index contributed by atoms with van der Waals surface area (Å²) in [5.74, 6) is 0.660. The van der Waals surface area contributed by atoms with Gasteiger partial charge >= 0.3 is 0 Å². The van der Waals surface area contributed by atoms with Gasteiger partial charge in [0.15, 0.2) is 0 Å². The first-order valence-electron chi connectivity index (χ1n) is 8.13. The van der Waals surface area contributed by atoms with Crippen LogP contribution in [0.1, 0.15) is 70.9 Å². The van der Waals surface area contributed by atoms with Crippen LogP contribution in [-0.4, -0.2) is 5.11 Å². The molecule has 1 nitrogen and oxygen atoms in total. The maximum Gasteiger partial charge on any atom is 0.0896 e. The van der Waals surface area contributed by atoms with Crippen molar-refractivity contribution in [3.63, 3.8) is 0 Å². The van der Waals surface area contributed by atoms with Gasteiger partial charge in [-0.3, -0.25) is 0 Å². The summed E-state index contributed by atoms with van der Waals surface area (Å²) in [5, 5.41) is 11.1. The van der Waals surface area contributed by atoms with Crippen molar-refractivity contribution < 1.29 is 5.11 Å². The van der Waals surface area contributed by atoms with Gasteiger partial charge in [0.2, 0.25) is 0 Å². The first kappa shape index (κ1) is 15.6. The third kappa shape index (κ3) is 3.85. The van der Waals surface area contributed by atoms with Crippen LogP contribution in [0.5, 0.6) is 0 Å². The average Bonchev–Trinajstić information content (AvgIpc) is 2.49. The molecule has 1 saturated carbocycles. The molecule has 1 aromatic carbocycles. The Morgan fingerprint density at radius 1 is 1.10 bits per heavy atom. The van der Waals surface area contributed by atoms with E-state index in [4.69, 9.17) is 0 Å². The second-order valence-corrected chi connectivity index (χ2v) is 7.85. The molecule has 1 unspecified atom stereocenters. The van der Waals surface area contributed by atoms with E-state index < -0.39 is 5.60 Å². The normalized spacial score (nSPS) is 26.5. The van der Waals surface area contributed by atoms with Crippen LogP contribution in [0.4, 0.5) is 0 Å². The van der Waals surface area contributed by atoms with Crippen molar-refractivity contribution in [3.8, 4) is 0 Å². The monoisotopic (exact) mass is 274 g/mol. The van der Waals surface area contributed by atoms with Gasteiger partial charge in [0.05, 0.1) is 5.60 Å². The quantitative estimate of drug-likeness (QED) is 0.764. The molecule has 0 bridgehead atoms. The number of hydrogen-bond donors (Lipinski definition) is 1. The Morgan fingerprint density at radius 3 is 2.55 bits per heavy atom. The molecule has 1 heteroatoms. The molecule has 1 fully saturated rings. The SMILES string of the molecule is CC(C)Cc1cccc(C2(O)CCCC(C)(C)CC2)c1. The molecule has 1 aromatic rings. The highest BCUT2D eigenvalue weighted by atomic mass is 16.3. The van der Waals surface area contributed by atoms with Crippen LogP contribution >= 0.6 is 0 Å². The van der Waals surface area contributed by atoms with Crippen LogP contribution in [0.3, 0.4) is 0 Å². The molecule has 0 saturated heterocycles. The van der Waals surface area contributed by atoms with E-state index in [1.54, 1.807) is 0 Å². The van der Waals surface area contributed by atoms with Crippen molar-refractivity contribution in [3.05, 3.63) is 35.4 Å². The predicted octanol–water partition coefficient (Wildman–Crippen LogP) is 5.06. The highest BCUT2D eigenvalue weighted by Gasteiger charge is 2.35. The van der Waals surface area contributed by atoms with Crippen LogP contribution in [0, 0.1) is 11.3 Å². The van der Waals surface area contributed by atoms with Crippen molar-refractivity contribution in [1.82, 2.24) is 0 Å². The Morgan fingerprint density at radius 2 is 1.85 bits per heavy atom. The van der Waals surface area contributed by atoms with E-state index in [0.717, 1.165) is 37.7 Å². The minimum Gasteiger partial charge on any atom is -0.385 e. The van der Waals surface area contributed by atoms with Crippen molar-refractivity contribution >= 4 is 0 Å². The Kier molecular flexibility index (Phi) is 4.59. The average molecular weight is 274 g/mol. The lowest BCUT2D eigenvalue weighted by atomic mass is 9.82. The Labute approximate surface area is 124 Å². The molecule has 0 aromatic heterocycles. The second-order valence-electron chi connectivity index (χ2n) is 7.85. The van der Waals surface area contributed by atoms with E-state index >= 15 is 0 Å². The number of hydrogen-bond acceptors (Lipinski definition) is 1. The van der Waals surface area contributed by atoms with Gasteiger partial charge < -0.3 is 5.11 Å². The molecule has 20 heavy (non-hydrogen) atoms. The van der Waals surface area contributed by atoms with Gasteiger partial charge in [0.1, 0.15) is 0 Å². The molecule has 0 amide bonds. The van der Waals surface area contributed by atoms with Gasteiger partial charge in [-0.05, 0) is 61.0 Å². The van der Waals surface area contributed by atoms with E-state index in [1.807, 2.05) is 0 Å². The molecule has 1 aliphatic rings. The summed E-state index contributed by atoms with van der Waals surface area (Å²) in [7, 11) is 0. The molecule has 0 aliphatic heterocycles. The highest BCUT2D eigenvalue weighted by Crippen LogP contribution is 2.42. The smallest absolute Gasteiger partial charge is 0.0896 e. The first-order chi connectivity index (χ1) is 9.31. The van der Waals surface area contributed by atoms with Gasteiger partial charge in [-0.1, -0.05) is 52.0 Å². The van der Waals surface area contributed by atoms with Gasteiger partial charge in [-0.2, -0.15) is 0 Å². The van der Waals surface area contributed by atoms with Gasteiger partial charge in [-0.15, -0.1) is 0 Å². The fourth-order valence-electron chi connectivity index (χ4n) is 3.40. The molecule has 0 radical (unpaired) electrons. The lowest BCUT2D eigenvalue weighted by Gasteiger charge is -2.29. The number of rotatable bonds is 3. The molecule has 112 valence electrons. The van der Waals surface area contributed by atoms with Crippen LogP contribution in [0.15, 0.2) is 24.3 Å². The second kappa shape index (κ2) is 5.89. The molecular weight excluding hydrogens is 244 g/mol. The first-order valence-corrected chi connectivity index (χ1v) is 8.13. The number of benzene rings is 1. The van der Waals surface area contributed by atoms with E-state index in [0.29, 0.717) is 11.3 Å². The maximum absolute atomic E-state index is 11.1. The predicted molar refractivity (Wildman–Crippen MR) is 85.7 cm³/mol. The summed E-state index contributed by atoms with van der Waals surface area (Å²) in [5.41, 5.74) is 2.25. The van der Waals surface area contributed by atoms with Crippen LogP contribution in [-0.2, 0) is 12.0 Å². The third-order valence-corrected chi connectivity index (χ3v) is 4.77. The minimum absolute atomic E-state index is 0.375. The third-order valence-electron chi connectivity index (χ3n) is 4.77. The van der Waals surface area contributed by atoms with Crippen molar-refractivity contribution in [1.29, 1.82) is 0 Å². The van der Waals surface area contributed by atoms with Crippen molar-refractivity contribution in [2.75, 3.05) is 0 Å². The zero-order valence-electron chi connectivity index (χ0n) is 13.6. The van der Waals surface area contributed by atoms with Crippen LogP contribution in [0.25, 0.3) is 0 Å². The van der Waals surface area contributed by atoms with E-state index in [2.05, 4.69) is 52.0 Å². The molecule has 0 spiro atoms. The summed E-state index contributed by atoms with van der Waals surface area (Å²) < 4.78 is 0. The zero-order valence-corrected chi connectivity index (χ0v) is 13.6. The molecule has 2 rings (SSSR count). The summed E-state index contributed by atoms with van der Waals surface area (Å²) in [6.45, 7) is 9.15. The van der Waals surface area contributed by atoms with Crippen LogP contribution < -0.4 is 0 Å². The molecular formula is C19H30O. The Hall–Kier alpha value is -0.820. The van der Waals surface area contributed by atoms with E-state index in [9.17, 15) is 5.11 Å². The van der Waals surface area contributed by atoms with Gasteiger partial charge in [0, 0.05) is 0 Å². The summed E-state index contributed by atoms with van der Waals surface area (Å²) >= 11 is 0. The Balaban J connectivity index is 2.21. The maximum atomic E-state index is 11.1. The standard InChI is InChI=1S/C19H30O/c1-15(2)13-16-7-5-8-17(14-16)19(20)10-6-9-18(3,4)11-12-19/h5,7-8,14-15,20H,6,9-13H2,1-4H3. The highest BCUT2D eigenvalue weighted by molar-refractivity contribution is 5.29. The topological polar surface area (TPSA) is 20.2 Å². The minimum atomic E-state index is -0.610. The summed E-state index contributed by atoms with van der Waals surface area (Å²) in [6, 6.07) is 8.65. The van der Waals surface area contributed by atoms with E-state index in [-0.39, 0.29) is 0 Å². The number of aliphatic hydroxyl groups is 1. The fraction of sp³-hybridized carbons (Fsp3) is 0.684. The van der Waals surface area contributed by atoms with E-state index in [1.165, 1.54) is 12.0 Å². The Bertz CT molecular complexity index is 447. The lowest BCUT2D eigenvalue weighted by Crippen LogP contribution is -2.25. The molecule has 1 N–H and O–H groups in total. The van der Waals surface area contributed by atoms with Crippen molar-refractivity contribution in [2.45, 2.75) is 71.8 Å².